The first kappa shape index (κ1) is 72.1. The topological polar surface area (TPSA) is 15.7 Å². The molecule has 5 unspecified atom stereocenters. The zero-order valence-electron chi connectivity index (χ0n) is 46.5. The van der Waals surface area contributed by atoms with Crippen LogP contribution in [0, 0.1) is 11.8 Å². The van der Waals surface area contributed by atoms with E-state index in [4.69, 9.17) is 4.74 Å². The number of rotatable bonds is 11. The number of hydrogen-bond donors (Lipinski definition) is 0. The van der Waals surface area contributed by atoms with Gasteiger partial charge in [-0.3, -0.25) is 0 Å². The Morgan fingerprint density at radius 3 is 0.986 bits per heavy atom. The van der Waals surface area contributed by atoms with Gasteiger partial charge in [0.2, 0.25) is 0 Å². The van der Waals surface area contributed by atoms with Crippen LogP contribution in [0.5, 0.6) is 5.75 Å². The zero-order chi connectivity index (χ0) is 48.5. The van der Waals surface area contributed by atoms with Crippen LogP contribution >= 0.6 is 47.7 Å². The summed E-state index contributed by atoms with van der Waals surface area (Å²) < 4.78 is 5.39. The van der Waals surface area contributed by atoms with Gasteiger partial charge in [0.15, 0.2) is 0 Å². The summed E-state index contributed by atoms with van der Waals surface area (Å²) in [5.41, 5.74) is 3.82. The Kier molecular flexibility index (Phi) is 42.0. The normalized spacial score (nSPS) is 25.7. The molecule has 0 bridgehead atoms. The molecular formula is C61H104Br2Fe4N2OP2. The molecule has 2 aromatic rings. The van der Waals surface area contributed by atoms with Gasteiger partial charge in [0.05, 0.1) is 7.11 Å². The van der Waals surface area contributed by atoms with Gasteiger partial charge in [0.25, 0.3) is 0 Å². The minimum Gasteiger partial charge on any atom is -0.497 e. The van der Waals surface area contributed by atoms with E-state index in [1.807, 2.05) is 0 Å². The molecule has 0 aliphatic heterocycles. The fourth-order valence-corrected chi connectivity index (χ4v) is 22.5. The van der Waals surface area contributed by atoms with E-state index in [2.05, 4.69) is 138 Å². The van der Waals surface area contributed by atoms with Gasteiger partial charge in [0.1, 0.15) is 5.75 Å². The van der Waals surface area contributed by atoms with Gasteiger partial charge in [-0.05, 0) is 176 Å². The molecule has 0 spiro atoms. The Morgan fingerprint density at radius 1 is 0.403 bits per heavy atom. The van der Waals surface area contributed by atoms with Crippen molar-refractivity contribution in [2.75, 3.05) is 35.3 Å². The molecule has 2 aromatic carbocycles. The minimum atomic E-state index is -0.0542. The molecule has 8 saturated carbocycles. The molecule has 0 N–H and O–H groups in total. The third-order valence-corrected chi connectivity index (χ3v) is 26.5. The van der Waals surface area contributed by atoms with Crippen LogP contribution in [-0.4, -0.2) is 89.5 Å². The van der Waals surface area contributed by atoms with Gasteiger partial charge in [-0.2, -0.15) is 0 Å². The molecule has 10 rings (SSSR count). The van der Waals surface area contributed by atoms with Crippen LogP contribution in [0.25, 0.3) is 0 Å². The maximum Gasteiger partial charge on any atom is 0.118 e. The molecule has 8 aliphatic rings. The smallest absolute Gasteiger partial charge is 0.118 e. The molecule has 8 atom stereocenters. The first-order valence-corrected chi connectivity index (χ1v) is 33.7. The SMILES string of the molecule is BrC1CCCC1.BrC1CCCC1.C1CCCC1.C1CCCC1.COc1ccc(P(C2CCCC2)C2CCCC2[C@@H](C)N(C)C)cc1.C[C@H](C1CCCC1[P@@](c1ccccc1)C1CCCC1)N(C)C.[Fe].[Fe].[Fe].[Fe]. The largest absolute Gasteiger partial charge is 0.497 e. The molecule has 3 nitrogen and oxygen atoms in total. The van der Waals surface area contributed by atoms with E-state index >= 15 is 0 Å². The average molecular weight is 1330 g/mol. The molecule has 8 fully saturated rings. The van der Waals surface area contributed by atoms with Crippen LogP contribution in [0.4, 0.5) is 0 Å². The monoisotopic (exact) mass is 1320 g/mol. The summed E-state index contributed by atoms with van der Waals surface area (Å²) in [5.74, 6) is 2.76. The van der Waals surface area contributed by atoms with E-state index in [0.717, 1.165) is 55.9 Å². The van der Waals surface area contributed by atoms with Crippen LogP contribution in [-0.2, 0) is 68.3 Å². The number of alkyl halides is 2. The molecular weight excluding hydrogens is 1220 g/mol. The van der Waals surface area contributed by atoms with E-state index < -0.39 is 0 Å². The molecule has 0 radical (unpaired) electrons. The van der Waals surface area contributed by atoms with Crippen molar-refractivity contribution in [1.82, 2.24) is 9.80 Å². The first-order chi connectivity index (χ1) is 33.1. The summed E-state index contributed by atoms with van der Waals surface area (Å²) in [6, 6.07) is 22.1. The van der Waals surface area contributed by atoms with Crippen LogP contribution in [0.2, 0.25) is 0 Å². The standard InChI is InChI=1S/C21H34NOP.C20H32NP.2C5H9Br.2C5H10.4Fe/c1-16(22(2)3)20-10-7-11-21(20)24(18-8-5-6-9-18)19-14-12-17(23-4)13-15-19;1-16(21(2)3)19-14-9-15-20(19)22(18-12-7-8-13-18)17-10-5-4-6-11-17;2*6-5-3-1-2-4-5;2*1-2-4-5-3-1;;;;/h12-16,18,20-21H,5-11H2,1-4H3;4-6,10-11,16,18-20H,7-9,12-15H2,1-3H3;2*5H,1-4H2;2*1-5H2;;;;/t16-,20?,21?,24?;16-,19?,20?,22+;;;;;;;;/m11......../s1. The van der Waals surface area contributed by atoms with Crippen LogP contribution in [0.1, 0.15) is 219 Å². The Labute approximate surface area is 507 Å². The summed E-state index contributed by atoms with van der Waals surface area (Å²) in [5, 5.41) is 3.31. The van der Waals surface area contributed by atoms with Gasteiger partial charge in [-0.1, -0.05) is 219 Å². The molecule has 0 amide bonds. The second-order valence-corrected chi connectivity index (χ2v) is 30.8. The molecule has 0 aromatic heterocycles. The van der Waals surface area contributed by atoms with Gasteiger partial charge in [0, 0.05) is 90.0 Å². The summed E-state index contributed by atoms with van der Waals surface area (Å²) in [7, 11) is 10.8. The van der Waals surface area contributed by atoms with Crippen LogP contribution in [0.3, 0.4) is 0 Å². The van der Waals surface area contributed by atoms with Gasteiger partial charge in [-0.25, -0.2) is 0 Å². The molecule has 0 heterocycles. The van der Waals surface area contributed by atoms with Crippen LogP contribution < -0.4 is 15.3 Å². The molecule has 8 aliphatic carbocycles. The van der Waals surface area contributed by atoms with Crippen molar-refractivity contribution < 1.29 is 73.0 Å². The van der Waals surface area contributed by atoms with Crippen LogP contribution in [0.15, 0.2) is 54.6 Å². The van der Waals surface area contributed by atoms with E-state index in [1.54, 1.807) is 17.7 Å². The van der Waals surface area contributed by atoms with Crippen molar-refractivity contribution in [1.29, 1.82) is 0 Å². The predicted molar refractivity (Wildman–Crippen MR) is 314 cm³/mol. The molecule has 11 heteroatoms. The quantitative estimate of drug-likeness (QED) is 0.127. The van der Waals surface area contributed by atoms with Gasteiger partial charge < -0.3 is 14.5 Å². The number of benzene rings is 2. The van der Waals surface area contributed by atoms with E-state index in [-0.39, 0.29) is 84.1 Å². The predicted octanol–water partition coefficient (Wildman–Crippen LogP) is 18.3. The molecule has 420 valence electrons. The Morgan fingerprint density at radius 2 is 0.708 bits per heavy atom. The van der Waals surface area contributed by atoms with Crippen molar-refractivity contribution >= 4 is 58.3 Å². The number of methoxy groups -OCH3 is 1. The molecule has 72 heavy (non-hydrogen) atoms. The summed E-state index contributed by atoms with van der Waals surface area (Å²) >= 11 is 7.08. The van der Waals surface area contributed by atoms with Crippen molar-refractivity contribution in [2.24, 2.45) is 11.8 Å². The van der Waals surface area contributed by atoms with Gasteiger partial charge in [-0.15, -0.1) is 0 Å². The van der Waals surface area contributed by atoms with Crippen molar-refractivity contribution in [3.05, 3.63) is 54.6 Å². The van der Waals surface area contributed by atoms with Crippen molar-refractivity contribution in [3.8, 4) is 5.75 Å². The second kappa shape index (κ2) is 42.0. The number of ether oxygens (including phenoxy) is 1. The summed E-state index contributed by atoms with van der Waals surface area (Å²) in [6.45, 7) is 4.90. The fraction of sp³-hybridized carbons (Fsp3) is 0.803. The number of halogens is 2. The maximum absolute atomic E-state index is 5.39. The van der Waals surface area contributed by atoms with Gasteiger partial charge >= 0.3 is 0 Å². The zero-order valence-corrected chi connectivity index (χ0v) is 55.8. The minimum absolute atomic E-state index is 0. The average Bonchev–Trinajstić information content (AvgIpc) is 4.18. The van der Waals surface area contributed by atoms with Crippen molar-refractivity contribution in [3.63, 3.8) is 0 Å². The third kappa shape index (κ3) is 25.2. The Bertz CT molecular complexity index is 1510. The summed E-state index contributed by atoms with van der Waals surface area (Å²) in [4.78, 5) is 6.62. The number of hydrogen-bond acceptors (Lipinski definition) is 3. The molecule has 0 saturated heterocycles. The first-order valence-electron chi connectivity index (χ1n) is 29.0. The third-order valence-electron chi connectivity index (χ3n) is 17.6. The number of nitrogens with zero attached hydrogens (tertiary/aromatic N) is 2. The second-order valence-electron chi connectivity index (χ2n) is 22.8. The van der Waals surface area contributed by atoms with E-state index in [1.165, 1.54) is 205 Å². The van der Waals surface area contributed by atoms with E-state index in [0.29, 0.717) is 6.04 Å². The van der Waals surface area contributed by atoms with Crippen molar-refractivity contribution in [2.45, 2.75) is 264 Å². The fourth-order valence-electron chi connectivity index (χ4n) is 13.1. The Balaban J connectivity index is 0.000000487. The summed E-state index contributed by atoms with van der Waals surface area (Å²) in [6.07, 6.45) is 46.7. The Hall–Kier alpha value is 2.06. The van der Waals surface area contributed by atoms with E-state index in [9.17, 15) is 0 Å². The maximum atomic E-state index is 5.39.